The summed E-state index contributed by atoms with van der Waals surface area (Å²) in [6.45, 7) is 7.82. The predicted molar refractivity (Wildman–Crippen MR) is 126 cm³/mol. The van der Waals surface area contributed by atoms with Crippen molar-refractivity contribution in [3.05, 3.63) is 0 Å². The summed E-state index contributed by atoms with van der Waals surface area (Å²) < 4.78 is 29.2. The number of hydrogen-bond acceptors (Lipinski definition) is 4. The Bertz CT molecular complexity index is 363. The van der Waals surface area contributed by atoms with Crippen LogP contribution in [0.5, 0.6) is 0 Å². The van der Waals surface area contributed by atoms with E-state index < -0.39 is 7.82 Å². The first-order chi connectivity index (χ1) is 14.2. The average molecular weight is 435 g/mol. The maximum absolute atomic E-state index is 12.7. The molecule has 29 heavy (non-hydrogen) atoms. The Labute approximate surface area is 182 Å². The minimum Gasteiger partial charge on any atom is -0.287 e. The Hall–Kier alpha value is 0.110. The van der Waals surface area contributed by atoms with E-state index in [0.717, 1.165) is 32.1 Å². The van der Waals surface area contributed by atoms with E-state index in [1.807, 2.05) is 6.92 Å². The number of phosphoric acid groups is 1. The van der Waals surface area contributed by atoms with Gasteiger partial charge in [0.2, 0.25) is 0 Å². The van der Waals surface area contributed by atoms with Crippen LogP contribution in [0.25, 0.3) is 0 Å². The zero-order valence-corrected chi connectivity index (χ0v) is 20.8. The minimum absolute atomic E-state index is 0.422. The van der Waals surface area contributed by atoms with Crippen molar-refractivity contribution in [2.45, 2.75) is 136 Å². The molecule has 0 saturated heterocycles. The molecule has 0 aliphatic rings. The SMILES string of the molecule is CCCCCCCCCCCCCCOP(=O)(OCCC)OCCCCCCC. The van der Waals surface area contributed by atoms with Crippen LogP contribution in [-0.4, -0.2) is 19.8 Å². The van der Waals surface area contributed by atoms with E-state index in [1.165, 1.54) is 83.5 Å². The predicted octanol–water partition coefficient (Wildman–Crippen LogP) is 9.23. The smallest absolute Gasteiger partial charge is 0.287 e. The molecule has 0 aromatic rings. The van der Waals surface area contributed by atoms with Gasteiger partial charge in [-0.05, 0) is 19.3 Å². The molecule has 4 nitrogen and oxygen atoms in total. The first kappa shape index (κ1) is 29.1. The fraction of sp³-hybridized carbons (Fsp3) is 1.00. The largest absolute Gasteiger partial charge is 0.474 e. The number of unbranched alkanes of at least 4 members (excludes halogenated alkanes) is 15. The van der Waals surface area contributed by atoms with Crippen LogP contribution in [0.4, 0.5) is 0 Å². The van der Waals surface area contributed by atoms with Crippen LogP contribution in [0.3, 0.4) is 0 Å². The zero-order chi connectivity index (χ0) is 21.5. The van der Waals surface area contributed by atoms with Gasteiger partial charge in [0, 0.05) is 0 Å². The summed E-state index contributed by atoms with van der Waals surface area (Å²) in [4.78, 5) is 0. The van der Waals surface area contributed by atoms with Gasteiger partial charge in [0.25, 0.3) is 0 Å². The van der Waals surface area contributed by atoms with Crippen LogP contribution in [0, 0.1) is 0 Å². The highest BCUT2D eigenvalue weighted by Gasteiger charge is 2.25. The van der Waals surface area contributed by atoms with Crippen molar-refractivity contribution in [3.63, 3.8) is 0 Å². The molecule has 0 aliphatic heterocycles. The lowest BCUT2D eigenvalue weighted by Gasteiger charge is -2.17. The third-order valence-corrected chi connectivity index (χ3v) is 6.69. The van der Waals surface area contributed by atoms with Gasteiger partial charge in [-0.2, -0.15) is 0 Å². The fourth-order valence-electron chi connectivity index (χ4n) is 3.32. The summed E-state index contributed by atoms with van der Waals surface area (Å²) in [7, 11) is -3.37. The summed E-state index contributed by atoms with van der Waals surface area (Å²) in [5.41, 5.74) is 0. The molecule has 0 aliphatic carbocycles. The van der Waals surface area contributed by atoms with Crippen LogP contribution in [0.2, 0.25) is 0 Å². The van der Waals surface area contributed by atoms with Crippen molar-refractivity contribution < 1.29 is 18.1 Å². The van der Waals surface area contributed by atoms with Gasteiger partial charge in [0.1, 0.15) is 0 Å². The van der Waals surface area contributed by atoms with Gasteiger partial charge in [-0.25, -0.2) is 4.57 Å². The second-order valence-corrected chi connectivity index (χ2v) is 9.92. The van der Waals surface area contributed by atoms with Crippen molar-refractivity contribution in [1.82, 2.24) is 0 Å². The van der Waals surface area contributed by atoms with Crippen molar-refractivity contribution >= 4 is 7.82 Å². The van der Waals surface area contributed by atoms with E-state index in [9.17, 15) is 4.57 Å². The Morgan fingerprint density at radius 3 is 1.07 bits per heavy atom. The molecule has 0 radical (unpaired) electrons. The molecular weight excluding hydrogens is 383 g/mol. The maximum Gasteiger partial charge on any atom is 0.474 e. The summed E-state index contributed by atoms with van der Waals surface area (Å²) in [5.74, 6) is 0. The van der Waals surface area contributed by atoms with Gasteiger partial charge in [-0.15, -0.1) is 0 Å². The fourth-order valence-corrected chi connectivity index (χ4v) is 4.65. The highest BCUT2D eigenvalue weighted by Crippen LogP contribution is 2.49. The molecule has 0 aromatic heterocycles. The lowest BCUT2D eigenvalue weighted by atomic mass is 10.1. The second kappa shape index (κ2) is 22.8. The third kappa shape index (κ3) is 21.1. The van der Waals surface area contributed by atoms with Crippen molar-refractivity contribution in [1.29, 1.82) is 0 Å². The van der Waals surface area contributed by atoms with Gasteiger partial charge in [0.05, 0.1) is 19.8 Å². The number of rotatable bonds is 24. The minimum atomic E-state index is -3.37. The van der Waals surface area contributed by atoms with E-state index in [1.54, 1.807) is 0 Å². The first-order valence-electron chi connectivity index (χ1n) is 12.7. The third-order valence-electron chi connectivity index (χ3n) is 5.20. The molecule has 1 atom stereocenters. The molecule has 0 amide bonds. The molecule has 176 valence electrons. The Morgan fingerprint density at radius 1 is 0.414 bits per heavy atom. The lowest BCUT2D eigenvalue weighted by molar-refractivity contribution is 0.110. The summed E-state index contributed by atoms with van der Waals surface area (Å²) >= 11 is 0. The van der Waals surface area contributed by atoms with Gasteiger partial charge in [0.15, 0.2) is 0 Å². The normalized spacial score (nSPS) is 13.6. The molecule has 0 saturated carbocycles. The molecule has 0 rings (SSSR count). The van der Waals surface area contributed by atoms with E-state index in [-0.39, 0.29) is 0 Å². The summed E-state index contributed by atoms with van der Waals surface area (Å²) in [5, 5.41) is 0. The molecule has 0 N–H and O–H groups in total. The van der Waals surface area contributed by atoms with Crippen LogP contribution >= 0.6 is 7.82 Å². The Morgan fingerprint density at radius 2 is 0.724 bits per heavy atom. The summed E-state index contributed by atoms with van der Waals surface area (Å²) in [6.07, 6.45) is 22.1. The van der Waals surface area contributed by atoms with Crippen LogP contribution < -0.4 is 0 Å². The lowest BCUT2D eigenvalue weighted by Crippen LogP contribution is -2.04. The molecule has 0 aromatic carbocycles. The Balaban J connectivity index is 3.66. The highest BCUT2D eigenvalue weighted by molar-refractivity contribution is 7.48. The van der Waals surface area contributed by atoms with Crippen molar-refractivity contribution in [2.24, 2.45) is 0 Å². The first-order valence-corrected chi connectivity index (χ1v) is 14.2. The molecule has 0 heterocycles. The van der Waals surface area contributed by atoms with Gasteiger partial charge in [-0.1, -0.05) is 117 Å². The quantitative estimate of drug-likeness (QED) is 0.112. The highest BCUT2D eigenvalue weighted by atomic mass is 31.2. The second-order valence-electron chi connectivity index (χ2n) is 8.25. The number of phosphoric ester groups is 1. The molecular formula is C24H51O4P. The van der Waals surface area contributed by atoms with Crippen molar-refractivity contribution in [2.75, 3.05) is 19.8 Å². The Kier molecular flexibility index (Phi) is 22.9. The maximum atomic E-state index is 12.7. The van der Waals surface area contributed by atoms with E-state index in [0.29, 0.717) is 19.8 Å². The van der Waals surface area contributed by atoms with Gasteiger partial charge < -0.3 is 0 Å². The molecule has 0 spiro atoms. The van der Waals surface area contributed by atoms with E-state index in [2.05, 4.69) is 13.8 Å². The topological polar surface area (TPSA) is 44.8 Å². The van der Waals surface area contributed by atoms with E-state index in [4.69, 9.17) is 13.6 Å². The molecule has 0 fully saturated rings. The standard InChI is InChI=1S/C24H51O4P/c1-4-7-9-11-12-13-14-15-16-17-19-21-24-28-29(25,26-22-6-3)27-23-20-18-10-8-5-2/h4-24H2,1-3H3. The zero-order valence-electron chi connectivity index (χ0n) is 19.9. The monoisotopic (exact) mass is 434 g/mol. The van der Waals surface area contributed by atoms with Crippen LogP contribution in [-0.2, 0) is 18.1 Å². The van der Waals surface area contributed by atoms with Crippen molar-refractivity contribution in [3.8, 4) is 0 Å². The van der Waals surface area contributed by atoms with Gasteiger partial charge in [-0.3, -0.25) is 13.6 Å². The molecule has 1 unspecified atom stereocenters. The van der Waals surface area contributed by atoms with E-state index >= 15 is 0 Å². The molecule has 0 bridgehead atoms. The van der Waals surface area contributed by atoms with Crippen LogP contribution in [0.15, 0.2) is 0 Å². The summed E-state index contributed by atoms with van der Waals surface area (Å²) in [6, 6.07) is 0. The number of hydrogen-bond donors (Lipinski definition) is 0. The molecule has 5 heteroatoms. The van der Waals surface area contributed by atoms with Crippen LogP contribution in [0.1, 0.15) is 136 Å². The van der Waals surface area contributed by atoms with Gasteiger partial charge >= 0.3 is 7.82 Å². The average Bonchev–Trinajstić information content (AvgIpc) is 2.72.